The van der Waals surface area contributed by atoms with Crippen LogP contribution in [0.2, 0.25) is 5.02 Å². The largest absolute Gasteiger partial charge is 0.389 e. The van der Waals surface area contributed by atoms with Gasteiger partial charge in [-0.05, 0) is 44.0 Å². The van der Waals surface area contributed by atoms with E-state index < -0.39 is 17.8 Å². The molecular weight excluding hydrogens is 501 g/mol. The zero-order chi connectivity index (χ0) is 26.7. The van der Waals surface area contributed by atoms with E-state index in [0.717, 1.165) is 12.8 Å². The number of halogens is 2. The van der Waals surface area contributed by atoms with Crippen molar-refractivity contribution in [3.8, 4) is 0 Å². The molecular formula is C26H29ClFN5O4. The molecule has 1 heterocycles. The predicted molar refractivity (Wildman–Crippen MR) is 138 cm³/mol. The van der Waals surface area contributed by atoms with E-state index >= 15 is 0 Å². The fraction of sp³-hybridized carbons (Fsp3) is 0.346. The number of fused-ring (bicyclic) bond motifs is 1. The first-order valence-electron chi connectivity index (χ1n) is 12.0. The second-order valence-electron chi connectivity index (χ2n) is 9.12. The number of carbonyl (C=O) groups is 3. The molecule has 1 unspecified atom stereocenters. The Hall–Kier alpha value is -3.47. The summed E-state index contributed by atoms with van der Waals surface area (Å²) in [5.74, 6) is -1.58. The second kappa shape index (κ2) is 11.3. The van der Waals surface area contributed by atoms with Gasteiger partial charge in [0.25, 0.3) is 0 Å². The average molecular weight is 530 g/mol. The molecule has 5 N–H and O–H groups in total. The average Bonchev–Trinajstić information content (AvgIpc) is 3.65. The van der Waals surface area contributed by atoms with Crippen LogP contribution in [-0.4, -0.2) is 51.4 Å². The Morgan fingerprint density at radius 2 is 2.00 bits per heavy atom. The summed E-state index contributed by atoms with van der Waals surface area (Å²) in [5.41, 5.74) is 7.47. The number of rotatable bonds is 10. The van der Waals surface area contributed by atoms with Gasteiger partial charge in [-0.25, -0.2) is 4.39 Å². The first-order chi connectivity index (χ1) is 17.7. The molecule has 1 fully saturated rings. The number of carbonyl (C=O) groups excluding carboxylic acids is 3. The van der Waals surface area contributed by atoms with E-state index in [0.29, 0.717) is 22.2 Å². The van der Waals surface area contributed by atoms with Crippen molar-refractivity contribution in [1.29, 1.82) is 0 Å². The lowest BCUT2D eigenvalue weighted by atomic mass is 10.1. The summed E-state index contributed by atoms with van der Waals surface area (Å²) < 4.78 is 15.8. The molecule has 1 atom stereocenters. The molecule has 11 heteroatoms. The zero-order valence-electron chi connectivity index (χ0n) is 20.3. The summed E-state index contributed by atoms with van der Waals surface area (Å²) in [7, 11) is 0. The smallest absolute Gasteiger partial charge is 0.243 e. The molecule has 196 valence electrons. The Kier molecular flexibility index (Phi) is 8.11. The maximum Gasteiger partial charge on any atom is 0.243 e. The van der Waals surface area contributed by atoms with Gasteiger partial charge in [0.2, 0.25) is 17.7 Å². The minimum absolute atomic E-state index is 0.0223. The Morgan fingerprint density at radius 1 is 1.24 bits per heavy atom. The maximum atomic E-state index is 14.1. The van der Waals surface area contributed by atoms with Gasteiger partial charge in [0.15, 0.2) is 0 Å². The van der Waals surface area contributed by atoms with Gasteiger partial charge in [0, 0.05) is 46.5 Å². The monoisotopic (exact) mass is 529 g/mol. The first-order valence-corrected chi connectivity index (χ1v) is 12.4. The molecule has 2 aromatic carbocycles. The predicted octanol–water partition coefficient (Wildman–Crippen LogP) is 2.69. The molecule has 1 saturated carbocycles. The van der Waals surface area contributed by atoms with E-state index in [-0.39, 0.29) is 54.6 Å². The van der Waals surface area contributed by atoms with Gasteiger partial charge in [-0.2, -0.15) is 0 Å². The van der Waals surface area contributed by atoms with Gasteiger partial charge >= 0.3 is 0 Å². The van der Waals surface area contributed by atoms with E-state index in [4.69, 9.17) is 17.3 Å². The molecule has 1 aliphatic carbocycles. The quantitative estimate of drug-likeness (QED) is 0.321. The highest BCUT2D eigenvalue weighted by Gasteiger charge is 2.34. The fourth-order valence-electron chi connectivity index (χ4n) is 4.21. The topological polar surface area (TPSA) is 130 Å². The van der Waals surface area contributed by atoms with Crippen molar-refractivity contribution in [3.63, 3.8) is 0 Å². The van der Waals surface area contributed by atoms with E-state index in [9.17, 15) is 23.9 Å². The minimum Gasteiger partial charge on any atom is -0.389 e. The highest BCUT2D eigenvalue weighted by molar-refractivity contribution is 6.30. The summed E-state index contributed by atoms with van der Waals surface area (Å²) in [5, 5.41) is 16.3. The second-order valence-corrected chi connectivity index (χ2v) is 9.52. The van der Waals surface area contributed by atoms with Crippen LogP contribution in [0.4, 0.5) is 10.1 Å². The highest BCUT2D eigenvalue weighted by Crippen LogP contribution is 2.31. The van der Waals surface area contributed by atoms with E-state index in [1.165, 1.54) is 17.0 Å². The Morgan fingerprint density at radius 3 is 2.68 bits per heavy atom. The molecule has 37 heavy (non-hydrogen) atoms. The maximum absolute atomic E-state index is 14.1. The molecule has 0 spiro atoms. The third kappa shape index (κ3) is 6.27. The van der Waals surface area contributed by atoms with E-state index in [1.54, 1.807) is 42.0 Å². The molecule has 0 aliphatic heterocycles. The number of aliphatic hydroxyl groups excluding tert-OH is 1. The van der Waals surface area contributed by atoms with Crippen LogP contribution in [0, 0.1) is 5.82 Å². The summed E-state index contributed by atoms with van der Waals surface area (Å²) in [4.78, 5) is 39.1. The fourth-order valence-corrected chi connectivity index (χ4v) is 4.41. The van der Waals surface area contributed by atoms with Gasteiger partial charge in [-0.15, -0.1) is 0 Å². The summed E-state index contributed by atoms with van der Waals surface area (Å²) in [6, 6.07) is 9.73. The number of aromatic nitrogens is 1. The number of benzene rings is 2. The normalized spacial score (nSPS) is 13.9. The molecule has 9 nitrogen and oxygen atoms in total. The van der Waals surface area contributed by atoms with Crippen molar-refractivity contribution in [2.45, 2.75) is 45.0 Å². The number of nitrogens with two attached hydrogens (primary N) is 1. The lowest BCUT2D eigenvalue weighted by molar-refractivity contribution is -0.137. The van der Waals surface area contributed by atoms with Crippen LogP contribution in [0.5, 0.6) is 0 Å². The number of hydrogen-bond acceptors (Lipinski definition) is 5. The summed E-state index contributed by atoms with van der Waals surface area (Å²) in [6.07, 6.45) is 2.50. The van der Waals surface area contributed by atoms with Gasteiger partial charge in [0.05, 0.1) is 24.2 Å². The van der Waals surface area contributed by atoms with E-state index in [2.05, 4.69) is 10.6 Å². The van der Waals surface area contributed by atoms with Gasteiger partial charge in [0.1, 0.15) is 12.4 Å². The third-order valence-corrected chi connectivity index (χ3v) is 6.56. The SMILES string of the molecule is CC(O)c1cn(CC(=O)N(CC(=O)NCc2cccc(Cl)c2F)C2CC2)c2ccc(NC(=O)CN)cc12. The highest BCUT2D eigenvalue weighted by atomic mass is 35.5. The number of nitrogens with zero attached hydrogens (tertiary/aromatic N) is 2. The van der Waals surface area contributed by atoms with Crippen LogP contribution in [0.1, 0.15) is 37.0 Å². The van der Waals surface area contributed by atoms with Crippen molar-refractivity contribution >= 4 is 45.9 Å². The molecule has 0 radical (unpaired) electrons. The van der Waals surface area contributed by atoms with Gasteiger partial charge in [-0.1, -0.05) is 23.7 Å². The molecule has 3 amide bonds. The van der Waals surface area contributed by atoms with Crippen LogP contribution >= 0.6 is 11.6 Å². The zero-order valence-corrected chi connectivity index (χ0v) is 21.1. The third-order valence-electron chi connectivity index (χ3n) is 6.27. The molecule has 3 aromatic rings. The van der Waals surface area contributed by atoms with Crippen LogP contribution in [0.25, 0.3) is 10.9 Å². The number of anilines is 1. The van der Waals surface area contributed by atoms with Crippen molar-refractivity contribution < 1.29 is 23.9 Å². The Bertz CT molecular complexity index is 1340. The van der Waals surface area contributed by atoms with Crippen molar-refractivity contribution in [1.82, 2.24) is 14.8 Å². The van der Waals surface area contributed by atoms with E-state index in [1.807, 2.05) is 0 Å². The summed E-state index contributed by atoms with van der Waals surface area (Å²) >= 11 is 5.80. The molecule has 1 aliphatic rings. The van der Waals surface area contributed by atoms with Crippen LogP contribution < -0.4 is 16.4 Å². The van der Waals surface area contributed by atoms with Crippen molar-refractivity contribution in [2.75, 3.05) is 18.4 Å². The van der Waals surface area contributed by atoms with Crippen LogP contribution in [0.15, 0.2) is 42.6 Å². The first kappa shape index (κ1) is 26.6. The molecule has 0 saturated heterocycles. The van der Waals surface area contributed by atoms with Crippen LogP contribution in [0.3, 0.4) is 0 Å². The number of hydrogen-bond donors (Lipinski definition) is 4. The minimum atomic E-state index is -0.809. The van der Waals surface area contributed by atoms with Gasteiger partial charge < -0.3 is 30.9 Å². The molecule has 4 rings (SSSR count). The number of amides is 3. The number of aliphatic hydroxyl groups is 1. The lowest BCUT2D eigenvalue weighted by Gasteiger charge is -2.22. The van der Waals surface area contributed by atoms with Crippen molar-refractivity contribution in [3.05, 3.63) is 64.6 Å². The summed E-state index contributed by atoms with van der Waals surface area (Å²) in [6.45, 7) is 1.24. The number of nitrogens with one attached hydrogen (secondary N) is 2. The Balaban J connectivity index is 1.48. The molecule has 1 aromatic heterocycles. The van der Waals surface area contributed by atoms with Gasteiger partial charge in [-0.3, -0.25) is 14.4 Å². The Labute approximate surface area is 218 Å². The van der Waals surface area contributed by atoms with Crippen molar-refractivity contribution in [2.24, 2.45) is 5.73 Å². The standard InChI is InChI=1S/C26H29ClFN5O4/c1-15(34)20-12-32(22-8-5-17(9-19(20)22)31-23(35)10-29)14-25(37)33(18-6-7-18)13-24(36)30-11-16-3-2-4-21(27)26(16)28/h2-5,8-9,12,15,18,34H,6-7,10-11,13-14,29H2,1H3,(H,30,36)(H,31,35). The van der Waals surface area contributed by atoms with Crippen LogP contribution in [-0.2, 0) is 27.5 Å². The lowest BCUT2D eigenvalue weighted by Crippen LogP contribution is -2.43. The molecule has 0 bridgehead atoms.